The molecule has 6 rings (SSSR count). The Kier molecular flexibility index (Phi) is 8.66. The van der Waals surface area contributed by atoms with Crippen LogP contribution in [0.2, 0.25) is 0 Å². The molecular weight excluding hydrogens is 552 g/mol. The van der Waals surface area contributed by atoms with Crippen LogP contribution in [0.4, 0.5) is 0 Å². The van der Waals surface area contributed by atoms with Crippen LogP contribution in [0.1, 0.15) is 13.8 Å². The number of nitrogens with zero attached hydrogens (tertiary/aromatic N) is 8. The Morgan fingerprint density at radius 2 is 1.10 bits per heavy atom. The minimum absolute atomic E-state index is 0.423. The van der Waals surface area contributed by atoms with Gasteiger partial charge in [-0.25, -0.2) is 9.97 Å². The molecule has 14 heteroatoms. The topological polar surface area (TPSA) is 148 Å². The van der Waals surface area contributed by atoms with Crippen molar-refractivity contribution in [2.75, 3.05) is 25.7 Å². The number of ether oxygens (including phenoxy) is 2. The molecule has 6 aromatic rings. The van der Waals surface area contributed by atoms with Crippen molar-refractivity contribution in [3.05, 3.63) is 49.1 Å². The van der Waals surface area contributed by atoms with Gasteiger partial charge in [0.15, 0.2) is 21.3 Å². The van der Waals surface area contributed by atoms with Crippen LogP contribution in [0, 0.1) is 0 Å². The van der Waals surface area contributed by atoms with Gasteiger partial charge in [0.05, 0.1) is 24.3 Å². The molecule has 0 radical (unpaired) electrons. The highest BCUT2D eigenvalue weighted by Gasteiger charge is 2.18. The van der Waals surface area contributed by atoms with Crippen LogP contribution in [0.15, 0.2) is 68.2 Å². The second-order valence-electron chi connectivity index (χ2n) is 7.73. The molecule has 0 atom stereocenters. The lowest BCUT2D eigenvalue weighted by atomic mass is 10.3. The number of hydrogen-bond acceptors (Lipinski definition) is 14. The standard InChI is InChI=1S/2C13H12N4O2S/c2*1-3-18-11-9-12(17-13(16-11)20-2)19-10(15-9)8-5-4-6-14-7-8/h2*4-7H,3H2,1-2H3. The first-order chi connectivity index (χ1) is 19.6. The summed E-state index contributed by atoms with van der Waals surface area (Å²) in [5.74, 6) is 1.81. The molecule has 0 saturated heterocycles. The van der Waals surface area contributed by atoms with Crippen LogP contribution in [0.3, 0.4) is 0 Å². The average Bonchev–Trinajstić information content (AvgIpc) is 3.64. The Morgan fingerprint density at radius 1 is 0.650 bits per heavy atom. The molecule has 0 saturated carbocycles. The summed E-state index contributed by atoms with van der Waals surface area (Å²) in [5.41, 5.74) is 3.49. The summed E-state index contributed by atoms with van der Waals surface area (Å²) in [6, 6.07) is 7.40. The lowest BCUT2D eigenvalue weighted by molar-refractivity contribution is 0.327. The molecular formula is C26H24N8O4S2. The van der Waals surface area contributed by atoms with Crippen LogP contribution in [-0.4, -0.2) is 65.6 Å². The molecule has 0 aliphatic heterocycles. The third kappa shape index (κ3) is 5.97. The number of oxazole rings is 2. The normalized spacial score (nSPS) is 10.9. The van der Waals surface area contributed by atoms with E-state index in [-0.39, 0.29) is 0 Å². The fourth-order valence-corrected chi connectivity index (χ4v) is 4.14. The highest BCUT2D eigenvalue weighted by molar-refractivity contribution is 7.98. The predicted molar refractivity (Wildman–Crippen MR) is 152 cm³/mol. The van der Waals surface area contributed by atoms with Crippen molar-refractivity contribution in [2.45, 2.75) is 24.2 Å². The third-order valence-corrected chi connectivity index (χ3v) is 6.25. The van der Waals surface area contributed by atoms with Crippen molar-refractivity contribution in [2.24, 2.45) is 0 Å². The molecule has 6 heterocycles. The number of fused-ring (bicyclic) bond motifs is 2. The third-order valence-electron chi connectivity index (χ3n) is 5.16. The summed E-state index contributed by atoms with van der Waals surface area (Å²) in [6.45, 7) is 4.81. The van der Waals surface area contributed by atoms with Crippen LogP contribution in [-0.2, 0) is 0 Å². The SMILES string of the molecule is CCOc1nc(SC)nc2oc(-c3cccnc3)nc12.CCOc1nc(SC)nc2oc(-c3cccnc3)nc12. The average molecular weight is 577 g/mol. The summed E-state index contributed by atoms with van der Waals surface area (Å²) in [7, 11) is 0. The van der Waals surface area contributed by atoms with Crippen molar-refractivity contribution in [1.82, 2.24) is 39.9 Å². The van der Waals surface area contributed by atoms with Gasteiger partial charge in [-0.3, -0.25) is 9.97 Å². The predicted octanol–water partition coefficient (Wildman–Crippen LogP) is 5.60. The first-order valence-corrected chi connectivity index (χ1v) is 14.6. The molecule has 0 fully saturated rings. The second kappa shape index (κ2) is 12.7. The van der Waals surface area contributed by atoms with E-state index in [1.54, 1.807) is 24.8 Å². The molecule has 0 spiro atoms. The lowest BCUT2D eigenvalue weighted by Crippen LogP contribution is -1.98. The largest absolute Gasteiger partial charge is 0.476 e. The number of pyridine rings is 2. The molecule has 12 nitrogen and oxygen atoms in total. The van der Waals surface area contributed by atoms with E-state index in [0.29, 0.717) is 69.5 Å². The van der Waals surface area contributed by atoms with Gasteiger partial charge in [0, 0.05) is 24.8 Å². The number of hydrogen-bond donors (Lipinski definition) is 0. The highest BCUT2D eigenvalue weighted by atomic mass is 32.2. The first kappa shape index (κ1) is 27.3. The Morgan fingerprint density at radius 3 is 1.45 bits per heavy atom. The zero-order valence-corrected chi connectivity index (χ0v) is 23.7. The summed E-state index contributed by atoms with van der Waals surface area (Å²) < 4.78 is 22.4. The van der Waals surface area contributed by atoms with Crippen LogP contribution < -0.4 is 9.47 Å². The van der Waals surface area contributed by atoms with Gasteiger partial charge in [-0.05, 0) is 50.6 Å². The molecule has 6 aromatic heterocycles. The summed E-state index contributed by atoms with van der Waals surface area (Å²) in [6.07, 6.45) is 10.6. The smallest absolute Gasteiger partial charge is 0.255 e. The fraction of sp³-hybridized carbons (Fsp3) is 0.231. The van der Waals surface area contributed by atoms with Gasteiger partial charge < -0.3 is 18.3 Å². The second-order valence-corrected chi connectivity index (χ2v) is 9.27. The van der Waals surface area contributed by atoms with Crippen LogP contribution in [0.25, 0.3) is 45.4 Å². The minimum Gasteiger partial charge on any atom is -0.476 e. The Labute approximate surface area is 237 Å². The van der Waals surface area contributed by atoms with E-state index in [0.717, 1.165) is 11.1 Å². The van der Waals surface area contributed by atoms with Crippen molar-refractivity contribution in [1.29, 1.82) is 0 Å². The molecule has 0 unspecified atom stereocenters. The summed E-state index contributed by atoms with van der Waals surface area (Å²) in [5, 5.41) is 1.18. The molecule has 0 amide bonds. The quantitative estimate of drug-likeness (QED) is 0.163. The van der Waals surface area contributed by atoms with E-state index in [2.05, 4.69) is 39.9 Å². The maximum Gasteiger partial charge on any atom is 0.255 e. The summed E-state index contributed by atoms with van der Waals surface area (Å²) >= 11 is 2.85. The Hall–Kier alpha value is -4.30. The van der Waals surface area contributed by atoms with E-state index >= 15 is 0 Å². The van der Waals surface area contributed by atoms with Gasteiger partial charge >= 0.3 is 0 Å². The van der Waals surface area contributed by atoms with Gasteiger partial charge in [-0.2, -0.15) is 19.9 Å². The number of aromatic nitrogens is 8. The minimum atomic E-state index is 0.423. The van der Waals surface area contributed by atoms with Gasteiger partial charge in [-0.1, -0.05) is 23.5 Å². The Balaban J connectivity index is 0.000000161. The van der Waals surface area contributed by atoms with E-state index in [1.807, 2.05) is 50.6 Å². The molecule has 0 N–H and O–H groups in total. The number of thioether (sulfide) groups is 2. The highest BCUT2D eigenvalue weighted by Crippen LogP contribution is 2.30. The lowest BCUT2D eigenvalue weighted by Gasteiger charge is -2.02. The first-order valence-electron chi connectivity index (χ1n) is 12.1. The monoisotopic (exact) mass is 576 g/mol. The van der Waals surface area contributed by atoms with Crippen LogP contribution >= 0.6 is 23.5 Å². The molecule has 0 aromatic carbocycles. The zero-order valence-electron chi connectivity index (χ0n) is 22.1. The van der Waals surface area contributed by atoms with E-state index in [4.69, 9.17) is 18.3 Å². The van der Waals surface area contributed by atoms with E-state index in [1.165, 1.54) is 23.5 Å². The van der Waals surface area contributed by atoms with Crippen molar-refractivity contribution in [3.63, 3.8) is 0 Å². The molecule has 40 heavy (non-hydrogen) atoms. The van der Waals surface area contributed by atoms with Crippen molar-refractivity contribution >= 4 is 46.0 Å². The van der Waals surface area contributed by atoms with Crippen LogP contribution in [0.5, 0.6) is 11.8 Å². The Bertz CT molecular complexity index is 1590. The number of rotatable bonds is 8. The molecule has 0 aliphatic rings. The maximum absolute atomic E-state index is 5.69. The van der Waals surface area contributed by atoms with E-state index < -0.39 is 0 Å². The van der Waals surface area contributed by atoms with Gasteiger partial charge in [0.1, 0.15) is 0 Å². The molecule has 0 bridgehead atoms. The van der Waals surface area contributed by atoms with E-state index in [9.17, 15) is 0 Å². The molecule has 204 valence electrons. The van der Waals surface area contributed by atoms with Crippen molar-refractivity contribution < 1.29 is 18.3 Å². The van der Waals surface area contributed by atoms with Gasteiger partial charge in [0.25, 0.3) is 11.4 Å². The van der Waals surface area contributed by atoms with Crippen molar-refractivity contribution in [3.8, 4) is 34.7 Å². The molecule has 0 aliphatic carbocycles. The van der Waals surface area contributed by atoms with Gasteiger partial charge in [0.2, 0.25) is 23.5 Å². The zero-order chi connectivity index (χ0) is 27.9. The summed E-state index contributed by atoms with van der Waals surface area (Å²) in [4.78, 5) is 34.2. The maximum atomic E-state index is 5.69. The fourth-order valence-electron chi connectivity index (χ4n) is 3.44. The van der Waals surface area contributed by atoms with Gasteiger partial charge in [-0.15, -0.1) is 0 Å².